The topological polar surface area (TPSA) is 47.3 Å². The van der Waals surface area contributed by atoms with E-state index in [0.29, 0.717) is 6.67 Å². The van der Waals surface area contributed by atoms with Crippen molar-refractivity contribution in [3.8, 4) is 0 Å². The molecular weight excluding hydrogens is 116 g/mol. The molecule has 0 aliphatic rings. The Bertz CT molecular complexity index is 99.2. The summed E-state index contributed by atoms with van der Waals surface area (Å²) in [6.07, 6.45) is 6.54. The first-order valence-electron chi connectivity index (χ1n) is 2.77. The second kappa shape index (κ2) is 7.04. The van der Waals surface area contributed by atoms with Gasteiger partial charge in [0, 0.05) is 6.20 Å². The van der Waals surface area contributed by atoms with Gasteiger partial charge in [0.1, 0.15) is 6.26 Å². The normalized spacial score (nSPS) is 10.9. The summed E-state index contributed by atoms with van der Waals surface area (Å²) in [5.74, 6) is 0. The van der Waals surface area contributed by atoms with E-state index in [4.69, 9.17) is 10.5 Å². The largest absolute Gasteiger partial charge is 0.471 e. The summed E-state index contributed by atoms with van der Waals surface area (Å²) in [7, 11) is 0. The Balaban J connectivity index is 3.04. The van der Waals surface area contributed by atoms with Crippen LogP contribution in [0.25, 0.3) is 0 Å². The molecule has 3 nitrogen and oxygen atoms in total. The van der Waals surface area contributed by atoms with Crippen LogP contribution >= 0.6 is 0 Å². The van der Waals surface area contributed by atoms with Crippen molar-refractivity contribution in [2.24, 2.45) is 5.73 Å². The molecule has 0 aromatic carbocycles. The van der Waals surface area contributed by atoms with Gasteiger partial charge in [-0.2, -0.15) is 0 Å². The number of ether oxygens (including phenoxy) is 1. The molecule has 0 spiro atoms. The molecule has 0 saturated heterocycles. The maximum atomic E-state index is 5.11. The summed E-state index contributed by atoms with van der Waals surface area (Å²) < 4.78 is 4.81. The van der Waals surface area contributed by atoms with Crippen LogP contribution in [-0.2, 0) is 4.74 Å². The van der Waals surface area contributed by atoms with Gasteiger partial charge < -0.3 is 15.8 Å². The van der Waals surface area contributed by atoms with Crippen molar-refractivity contribution in [1.29, 1.82) is 0 Å². The highest BCUT2D eigenvalue weighted by molar-refractivity contribution is 4.74. The zero-order valence-electron chi connectivity index (χ0n) is 5.50. The quantitative estimate of drug-likeness (QED) is 0.428. The lowest BCUT2D eigenvalue weighted by Gasteiger charge is -1.90. The highest BCUT2D eigenvalue weighted by Crippen LogP contribution is 1.75. The fourth-order valence-corrected chi connectivity index (χ4v) is 0.279. The van der Waals surface area contributed by atoms with E-state index in [1.54, 1.807) is 18.5 Å². The molecule has 0 heterocycles. The average Bonchev–Trinajstić information content (AvgIpc) is 1.89. The van der Waals surface area contributed by atoms with Gasteiger partial charge >= 0.3 is 0 Å². The fourth-order valence-electron chi connectivity index (χ4n) is 0.279. The maximum absolute atomic E-state index is 5.11. The van der Waals surface area contributed by atoms with Gasteiger partial charge in [0.2, 0.25) is 0 Å². The van der Waals surface area contributed by atoms with E-state index in [1.165, 1.54) is 6.26 Å². The van der Waals surface area contributed by atoms with E-state index in [9.17, 15) is 0 Å². The lowest BCUT2D eigenvalue weighted by atomic mass is 10.7. The summed E-state index contributed by atoms with van der Waals surface area (Å²) in [5, 5.41) is 2.75. The summed E-state index contributed by atoms with van der Waals surface area (Å²) >= 11 is 0. The van der Waals surface area contributed by atoms with Crippen molar-refractivity contribution in [3.05, 3.63) is 24.8 Å². The number of nitrogens with one attached hydrogen (secondary N) is 1. The predicted molar refractivity (Wildman–Crippen MR) is 37.2 cm³/mol. The van der Waals surface area contributed by atoms with Crippen LogP contribution in [0, 0.1) is 0 Å². The SMILES string of the molecule is C/C=C\O/C=C\NCN. The van der Waals surface area contributed by atoms with Crippen LogP contribution in [0.1, 0.15) is 6.92 Å². The van der Waals surface area contributed by atoms with Gasteiger partial charge in [-0.3, -0.25) is 0 Å². The Morgan fingerprint density at radius 1 is 1.56 bits per heavy atom. The molecule has 0 amide bonds. The third kappa shape index (κ3) is 7.04. The smallest absolute Gasteiger partial charge is 0.106 e. The molecule has 9 heavy (non-hydrogen) atoms. The van der Waals surface area contributed by atoms with E-state index in [1.807, 2.05) is 6.92 Å². The van der Waals surface area contributed by atoms with Crippen molar-refractivity contribution in [1.82, 2.24) is 5.32 Å². The van der Waals surface area contributed by atoms with Gasteiger partial charge in [-0.25, -0.2) is 0 Å². The minimum Gasteiger partial charge on any atom is -0.471 e. The molecule has 0 aromatic rings. The number of hydrogen-bond acceptors (Lipinski definition) is 3. The molecule has 0 saturated carbocycles. The molecule has 0 atom stereocenters. The second-order valence-electron chi connectivity index (χ2n) is 1.32. The molecule has 3 heteroatoms. The molecule has 0 aliphatic heterocycles. The highest BCUT2D eigenvalue weighted by Gasteiger charge is 1.65. The standard InChI is InChI=1S/C6H12N2O/c1-2-4-9-5-3-8-6-7/h2-5,8H,6-7H2,1H3/b4-2-,5-3-. The van der Waals surface area contributed by atoms with Crippen LogP contribution in [0.5, 0.6) is 0 Å². The first-order chi connectivity index (χ1) is 4.41. The summed E-state index contributed by atoms with van der Waals surface area (Å²) in [6, 6.07) is 0. The van der Waals surface area contributed by atoms with Crippen molar-refractivity contribution in [2.45, 2.75) is 6.92 Å². The summed E-state index contributed by atoms with van der Waals surface area (Å²) in [5.41, 5.74) is 5.11. The molecule has 52 valence electrons. The van der Waals surface area contributed by atoms with Crippen LogP contribution in [0.15, 0.2) is 24.8 Å². The van der Waals surface area contributed by atoms with Crippen molar-refractivity contribution in [3.63, 3.8) is 0 Å². The van der Waals surface area contributed by atoms with Crippen LogP contribution in [0.2, 0.25) is 0 Å². The zero-order chi connectivity index (χ0) is 6.95. The minimum atomic E-state index is 0.426. The Kier molecular flexibility index (Phi) is 6.29. The predicted octanol–water partition coefficient (Wildman–Crippen LogP) is 0.514. The van der Waals surface area contributed by atoms with Crippen LogP contribution in [0.3, 0.4) is 0 Å². The summed E-state index contributed by atoms with van der Waals surface area (Å²) in [4.78, 5) is 0. The number of allylic oxidation sites excluding steroid dienone is 1. The van der Waals surface area contributed by atoms with Gasteiger partial charge in [0.25, 0.3) is 0 Å². The molecule has 0 radical (unpaired) electrons. The van der Waals surface area contributed by atoms with Gasteiger partial charge in [-0.15, -0.1) is 0 Å². The van der Waals surface area contributed by atoms with Gasteiger partial charge in [0.05, 0.1) is 12.9 Å². The molecule has 0 aliphatic carbocycles. The number of rotatable bonds is 4. The van der Waals surface area contributed by atoms with E-state index in [0.717, 1.165) is 0 Å². The first kappa shape index (κ1) is 8.04. The lowest BCUT2D eigenvalue weighted by Crippen LogP contribution is -2.15. The zero-order valence-corrected chi connectivity index (χ0v) is 5.50. The number of hydrogen-bond donors (Lipinski definition) is 2. The summed E-state index contributed by atoms with van der Waals surface area (Å²) in [6.45, 7) is 2.31. The minimum absolute atomic E-state index is 0.426. The second-order valence-corrected chi connectivity index (χ2v) is 1.32. The monoisotopic (exact) mass is 128 g/mol. The Hall–Kier alpha value is -0.960. The molecule has 0 unspecified atom stereocenters. The van der Waals surface area contributed by atoms with Crippen molar-refractivity contribution in [2.75, 3.05) is 6.67 Å². The van der Waals surface area contributed by atoms with Gasteiger partial charge in [-0.1, -0.05) is 6.08 Å². The first-order valence-corrected chi connectivity index (χ1v) is 2.77. The highest BCUT2D eigenvalue weighted by atomic mass is 16.5. The van der Waals surface area contributed by atoms with Gasteiger partial charge in [0.15, 0.2) is 0 Å². The molecule has 3 N–H and O–H groups in total. The van der Waals surface area contributed by atoms with E-state index in [2.05, 4.69) is 5.32 Å². The van der Waals surface area contributed by atoms with Crippen LogP contribution in [-0.4, -0.2) is 6.67 Å². The Morgan fingerprint density at radius 3 is 2.89 bits per heavy atom. The molecular formula is C6H12N2O. The van der Waals surface area contributed by atoms with E-state index >= 15 is 0 Å². The third-order valence-corrected chi connectivity index (χ3v) is 0.597. The molecule has 0 rings (SSSR count). The molecule has 0 bridgehead atoms. The van der Waals surface area contributed by atoms with Crippen LogP contribution in [0.4, 0.5) is 0 Å². The van der Waals surface area contributed by atoms with Crippen LogP contribution < -0.4 is 11.1 Å². The Morgan fingerprint density at radius 2 is 2.33 bits per heavy atom. The fraction of sp³-hybridized carbons (Fsp3) is 0.333. The Labute approximate surface area is 55.2 Å². The maximum Gasteiger partial charge on any atom is 0.106 e. The van der Waals surface area contributed by atoms with Crippen molar-refractivity contribution < 1.29 is 4.74 Å². The lowest BCUT2D eigenvalue weighted by molar-refractivity contribution is 0.398. The third-order valence-electron chi connectivity index (χ3n) is 0.597. The molecule has 0 fully saturated rings. The molecule has 0 aromatic heterocycles. The number of nitrogens with two attached hydrogens (primary N) is 1. The van der Waals surface area contributed by atoms with Gasteiger partial charge in [-0.05, 0) is 6.92 Å². The van der Waals surface area contributed by atoms with E-state index in [-0.39, 0.29) is 0 Å². The average molecular weight is 128 g/mol. The van der Waals surface area contributed by atoms with E-state index < -0.39 is 0 Å². The van der Waals surface area contributed by atoms with Crippen molar-refractivity contribution >= 4 is 0 Å².